The number of allylic oxidation sites excluding steroid dienone is 1. The number of hydrogen-bond acceptors (Lipinski definition) is 1. The van der Waals surface area contributed by atoms with Crippen LogP contribution in [0.3, 0.4) is 0 Å². The predicted molar refractivity (Wildman–Crippen MR) is 110 cm³/mol. The standard InChI is InChI=1S/C24H36F2O/c1-2-3-4-5-6-7-8-9-18-27-23-16-14-22(15-17-23)21-12-10-20(11-13-21)19-24(25)26/h14-17,19-21H,2-13,18H2,1H3/t20-,21-. The Morgan fingerprint density at radius 3 is 2.07 bits per heavy atom. The first kappa shape index (κ1) is 21.9. The van der Waals surface area contributed by atoms with E-state index in [1.807, 2.05) is 0 Å². The average Bonchev–Trinajstić information content (AvgIpc) is 2.67. The molecule has 1 aliphatic rings. The highest BCUT2D eigenvalue weighted by molar-refractivity contribution is 5.29. The molecular weight excluding hydrogens is 342 g/mol. The first-order chi connectivity index (χ1) is 13.2. The summed E-state index contributed by atoms with van der Waals surface area (Å²) in [6.07, 6.45) is 13.8. The largest absolute Gasteiger partial charge is 0.494 e. The van der Waals surface area contributed by atoms with Gasteiger partial charge in [-0.15, -0.1) is 0 Å². The van der Waals surface area contributed by atoms with Crippen molar-refractivity contribution < 1.29 is 13.5 Å². The Bertz CT molecular complexity index is 526. The van der Waals surface area contributed by atoms with Gasteiger partial charge in [-0.3, -0.25) is 0 Å². The molecule has 0 heterocycles. The quantitative estimate of drug-likeness (QED) is 0.333. The molecule has 0 radical (unpaired) electrons. The third-order valence-electron chi connectivity index (χ3n) is 5.75. The molecule has 1 nitrogen and oxygen atoms in total. The molecule has 0 atom stereocenters. The summed E-state index contributed by atoms with van der Waals surface area (Å²) in [5, 5.41) is 0. The van der Waals surface area contributed by atoms with Crippen LogP contribution in [0, 0.1) is 5.92 Å². The first-order valence-corrected chi connectivity index (χ1v) is 10.9. The second kappa shape index (κ2) is 12.9. The number of unbranched alkanes of at least 4 members (excludes halogenated alkanes) is 7. The summed E-state index contributed by atoms with van der Waals surface area (Å²) in [5.74, 6) is 1.50. The zero-order valence-electron chi connectivity index (χ0n) is 16.9. The summed E-state index contributed by atoms with van der Waals surface area (Å²) in [6, 6.07) is 8.43. The van der Waals surface area contributed by atoms with Gasteiger partial charge in [-0.05, 0) is 67.7 Å². The van der Waals surface area contributed by atoms with Crippen molar-refractivity contribution in [3.05, 3.63) is 42.0 Å². The molecule has 3 heteroatoms. The summed E-state index contributed by atoms with van der Waals surface area (Å²) < 4.78 is 30.6. The minimum absolute atomic E-state index is 0.0560. The van der Waals surface area contributed by atoms with Crippen LogP contribution in [0.15, 0.2) is 36.4 Å². The molecule has 1 aromatic carbocycles. The fourth-order valence-corrected chi connectivity index (χ4v) is 4.06. The van der Waals surface area contributed by atoms with Crippen LogP contribution in [0.2, 0.25) is 0 Å². The number of benzene rings is 1. The Labute approximate surface area is 164 Å². The van der Waals surface area contributed by atoms with Gasteiger partial charge in [0.1, 0.15) is 5.75 Å². The van der Waals surface area contributed by atoms with Gasteiger partial charge in [-0.25, -0.2) is 0 Å². The van der Waals surface area contributed by atoms with Gasteiger partial charge in [-0.2, -0.15) is 8.78 Å². The van der Waals surface area contributed by atoms with E-state index >= 15 is 0 Å². The lowest BCUT2D eigenvalue weighted by Gasteiger charge is -2.26. The lowest BCUT2D eigenvalue weighted by Crippen LogP contribution is -2.11. The van der Waals surface area contributed by atoms with Crippen molar-refractivity contribution in [2.45, 2.75) is 89.9 Å². The van der Waals surface area contributed by atoms with Crippen molar-refractivity contribution in [1.29, 1.82) is 0 Å². The van der Waals surface area contributed by atoms with Crippen LogP contribution in [-0.4, -0.2) is 6.61 Å². The molecule has 27 heavy (non-hydrogen) atoms. The van der Waals surface area contributed by atoms with Crippen molar-refractivity contribution in [3.8, 4) is 5.75 Å². The van der Waals surface area contributed by atoms with Crippen LogP contribution in [0.25, 0.3) is 0 Å². The number of rotatable bonds is 12. The maximum atomic E-state index is 12.4. The van der Waals surface area contributed by atoms with Crippen LogP contribution in [0.5, 0.6) is 5.75 Å². The van der Waals surface area contributed by atoms with Gasteiger partial charge >= 0.3 is 0 Å². The smallest absolute Gasteiger partial charge is 0.266 e. The van der Waals surface area contributed by atoms with Crippen LogP contribution in [-0.2, 0) is 0 Å². The molecule has 1 saturated carbocycles. The number of hydrogen-bond donors (Lipinski definition) is 0. The third kappa shape index (κ3) is 8.90. The van der Waals surface area contributed by atoms with Crippen LogP contribution >= 0.6 is 0 Å². The highest BCUT2D eigenvalue weighted by atomic mass is 19.3. The maximum Gasteiger partial charge on any atom is 0.266 e. The highest BCUT2D eigenvalue weighted by Gasteiger charge is 2.21. The number of halogens is 2. The Morgan fingerprint density at radius 1 is 0.889 bits per heavy atom. The van der Waals surface area contributed by atoms with Crippen molar-refractivity contribution in [1.82, 2.24) is 0 Å². The van der Waals surface area contributed by atoms with E-state index in [2.05, 4.69) is 31.2 Å². The van der Waals surface area contributed by atoms with Gasteiger partial charge in [0.05, 0.1) is 6.61 Å². The lowest BCUT2D eigenvalue weighted by molar-refractivity contribution is 0.304. The summed E-state index contributed by atoms with van der Waals surface area (Å²) in [4.78, 5) is 0. The zero-order valence-corrected chi connectivity index (χ0v) is 16.9. The Hall–Kier alpha value is -1.38. The summed E-state index contributed by atoms with van der Waals surface area (Å²) in [5.41, 5.74) is 1.32. The molecule has 0 saturated heterocycles. The Balaban J connectivity index is 1.59. The fraction of sp³-hybridized carbons (Fsp3) is 0.667. The van der Waals surface area contributed by atoms with Gasteiger partial charge in [0.2, 0.25) is 0 Å². The average molecular weight is 379 g/mol. The second-order valence-electron chi connectivity index (χ2n) is 7.96. The summed E-state index contributed by atoms with van der Waals surface area (Å²) >= 11 is 0. The molecule has 0 unspecified atom stereocenters. The van der Waals surface area contributed by atoms with Gasteiger partial charge in [0.15, 0.2) is 0 Å². The van der Waals surface area contributed by atoms with E-state index in [4.69, 9.17) is 4.74 Å². The third-order valence-corrected chi connectivity index (χ3v) is 5.75. The van der Waals surface area contributed by atoms with Crippen LogP contribution < -0.4 is 4.74 Å². The summed E-state index contributed by atoms with van der Waals surface area (Å²) in [7, 11) is 0. The molecule has 0 spiro atoms. The molecule has 0 amide bonds. The van der Waals surface area contributed by atoms with Crippen molar-refractivity contribution >= 4 is 0 Å². The molecule has 0 bridgehead atoms. The molecule has 0 N–H and O–H groups in total. The molecule has 2 rings (SSSR count). The Morgan fingerprint density at radius 2 is 1.48 bits per heavy atom. The van der Waals surface area contributed by atoms with E-state index in [9.17, 15) is 8.78 Å². The summed E-state index contributed by atoms with van der Waals surface area (Å²) in [6.45, 7) is 3.05. The molecule has 1 fully saturated rings. The lowest BCUT2D eigenvalue weighted by atomic mass is 9.79. The monoisotopic (exact) mass is 378 g/mol. The van der Waals surface area contributed by atoms with E-state index in [0.717, 1.165) is 50.5 Å². The van der Waals surface area contributed by atoms with Gasteiger partial charge in [-0.1, -0.05) is 64.0 Å². The SMILES string of the molecule is CCCCCCCCCCOc1ccc([C@H]2CC[C@H](C=C(F)F)CC2)cc1. The molecule has 0 aliphatic heterocycles. The maximum absolute atomic E-state index is 12.4. The van der Waals surface area contributed by atoms with Crippen LogP contribution in [0.4, 0.5) is 8.78 Å². The van der Waals surface area contributed by atoms with Crippen LogP contribution in [0.1, 0.15) is 95.5 Å². The van der Waals surface area contributed by atoms with Gasteiger partial charge in [0, 0.05) is 0 Å². The first-order valence-electron chi connectivity index (χ1n) is 10.9. The highest BCUT2D eigenvalue weighted by Crippen LogP contribution is 2.37. The molecular formula is C24H36F2O. The Kier molecular flexibility index (Phi) is 10.5. The molecule has 0 aromatic heterocycles. The van der Waals surface area contributed by atoms with Crippen molar-refractivity contribution in [2.24, 2.45) is 5.92 Å². The normalized spacial score (nSPS) is 19.7. The van der Waals surface area contributed by atoms with E-state index in [1.165, 1.54) is 50.5 Å². The second-order valence-corrected chi connectivity index (χ2v) is 7.96. The minimum atomic E-state index is -1.53. The van der Waals surface area contributed by atoms with E-state index < -0.39 is 6.08 Å². The molecule has 1 aliphatic carbocycles. The predicted octanol–water partition coefficient (Wildman–Crippen LogP) is 8.26. The molecule has 152 valence electrons. The van der Waals surface area contributed by atoms with E-state index in [1.54, 1.807) is 0 Å². The fourth-order valence-electron chi connectivity index (χ4n) is 4.06. The van der Waals surface area contributed by atoms with Crippen molar-refractivity contribution in [3.63, 3.8) is 0 Å². The minimum Gasteiger partial charge on any atom is -0.494 e. The van der Waals surface area contributed by atoms with E-state index in [0.29, 0.717) is 5.92 Å². The molecule has 1 aromatic rings. The van der Waals surface area contributed by atoms with Crippen molar-refractivity contribution in [2.75, 3.05) is 6.61 Å². The zero-order chi connectivity index (χ0) is 19.3. The number of ether oxygens (including phenoxy) is 1. The van der Waals surface area contributed by atoms with Gasteiger partial charge < -0.3 is 4.74 Å². The van der Waals surface area contributed by atoms with Gasteiger partial charge in [0.25, 0.3) is 6.08 Å². The topological polar surface area (TPSA) is 9.23 Å². The van der Waals surface area contributed by atoms with E-state index in [-0.39, 0.29) is 5.92 Å².